The van der Waals surface area contributed by atoms with Crippen LogP contribution >= 0.6 is 0 Å². The van der Waals surface area contributed by atoms with Crippen molar-refractivity contribution in [3.8, 4) is 0 Å². The Morgan fingerprint density at radius 3 is 2.32 bits per heavy atom. The van der Waals surface area contributed by atoms with Crippen molar-refractivity contribution >= 4 is 17.7 Å². The number of amides is 3. The summed E-state index contributed by atoms with van der Waals surface area (Å²) in [5.74, 6) is 0.0134. The molecule has 3 amide bonds. The lowest BCUT2D eigenvalue weighted by atomic mass is 10.0. The molecule has 0 bridgehead atoms. The molecule has 2 saturated heterocycles. The Kier molecular flexibility index (Phi) is 5.64. The highest BCUT2D eigenvalue weighted by atomic mass is 16.2. The fourth-order valence-electron chi connectivity index (χ4n) is 4.83. The van der Waals surface area contributed by atoms with E-state index in [1.54, 1.807) is 12.1 Å². The van der Waals surface area contributed by atoms with E-state index in [1.165, 1.54) is 12.8 Å². The quantitative estimate of drug-likeness (QED) is 0.867. The van der Waals surface area contributed by atoms with Crippen LogP contribution < -0.4 is 5.32 Å². The van der Waals surface area contributed by atoms with E-state index in [9.17, 15) is 14.4 Å². The van der Waals surface area contributed by atoms with Gasteiger partial charge in [-0.15, -0.1) is 0 Å². The Morgan fingerprint density at radius 2 is 1.64 bits per heavy atom. The van der Waals surface area contributed by atoms with Crippen LogP contribution in [0.4, 0.5) is 0 Å². The number of piperidine rings is 1. The Bertz CT molecular complexity index is 722. The Balaban J connectivity index is 1.26. The van der Waals surface area contributed by atoms with Crippen LogP contribution in [0.2, 0.25) is 0 Å². The maximum Gasteiger partial charge on any atom is 0.251 e. The number of hydrogen-bond acceptors (Lipinski definition) is 3. The first kappa shape index (κ1) is 19.0. The summed E-state index contributed by atoms with van der Waals surface area (Å²) in [6, 6.07) is 9.66. The minimum Gasteiger partial charge on any atom is -0.349 e. The SMILES string of the molecule is O=C(NC1CCN(C(=O)C2CC(=O)N(C3CCCC3)C2)CC1)c1ccccc1. The third kappa shape index (κ3) is 4.05. The molecular weight excluding hydrogens is 354 g/mol. The van der Waals surface area contributed by atoms with Crippen molar-refractivity contribution < 1.29 is 14.4 Å². The van der Waals surface area contributed by atoms with E-state index in [0.717, 1.165) is 25.7 Å². The van der Waals surface area contributed by atoms with Gasteiger partial charge in [0.25, 0.3) is 5.91 Å². The van der Waals surface area contributed by atoms with Crippen LogP contribution in [0.1, 0.15) is 55.3 Å². The predicted molar refractivity (Wildman–Crippen MR) is 106 cm³/mol. The Hall–Kier alpha value is -2.37. The molecule has 150 valence electrons. The van der Waals surface area contributed by atoms with Crippen molar-refractivity contribution in [2.24, 2.45) is 5.92 Å². The largest absolute Gasteiger partial charge is 0.349 e. The van der Waals surface area contributed by atoms with Crippen LogP contribution in [-0.4, -0.2) is 59.2 Å². The number of benzene rings is 1. The molecule has 0 radical (unpaired) electrons. The van der Waals surface area contributed by atoms with Crippen LogP contribution in [-0.2, 0) is 9.59 Å². The summed E-state index contributed by atoms with van der Waals surface area (Å²) < 4.78 is 0. The van der Waals surface area contributed by atoms with E-state index in [4.69, 9.17) is 0 Å². The van der Waals surface area contributed by atoms with Crippen molar-refractivity contribution in [2.45, 2.75) is 57.0 Å². The van der Waals surface area contributed by atoms with E-state index in [2.05, 4.69) is 5.32 Å². The smallest absolute Gasteiger partial charge is 0.251 e. The molecule has 3 fully saturated rings. The predicted octanol–water partition coefficient (Wildman–Crippen LogP) is 2.20. The molecule has 1 aromatic rings. The first-order valence-corrected chi connectivity index (χ1v) is 10.6. The first-order valence-electron chi connectivity index (χ1n) is 10.6. The number of rotatable bonds is 4. The molecule has 6 heteroatoms. The molecule has 1 aromatic carbocycles. The van der Waals surface area contributed by atoms with Crippen molar-refractivity contribution in [1.82, 2.24) is 15.1 Å². The van der Waals surface area contributed by atoms with Gasteiger partial charge in [0.15, 0.2) is 0 Å². The number of hydrogen-bond donors (Lipinski definition) is 1. The van der Waals surface area contributed by atoms with Gasteiger partial charge in [0.05, 0.1) is 5.92 Å². The van der Waals surface area contributed by atoms with Crippen LogP contribution in [0, 0.1) is 5.92 Å². The van der Waals surface area contributed by atoms with E-state index in [0.29, 0.717) is 37.7 Å². The normalized spacial score (nSPS) is 24.0. The fraction of sp³-hybridized carbons (Fsp3) is 0.591. The molecule has 3 aliphatic rings. The zero-order chi connectivity index (χ0) is 19.5. The molecule has 2 aliphatic heterocycles. The second-order valence-electron chi connectivity index (χ2n) is 8.32. The average Bonchev–Trinajstić information content (AvgIpc) is 3.38. The number of carbonyl (C=O) groups excluding carboxylic acids is 3. The molecular formula is C22H29N3O3. The van der Waals surface area contributed by atoms with E-state index in [1.807, 2.05) is 28.0 Å². The van der Waals surface area contributed by atoms with Gasteiger partial charge in [-0.1, -0.05) is 31.0 Å². The lowest BCUT2D eigenvalue weighted by Gasteiger charge is -2.34. The average molecular weight is 383 g/mol. The van der Waals surface area contributed by atoms with Gasteiger partial charge >= 0.3 is 0 Å². The minimum atomic E-state index is -0.191. The maximum absolute atomic E-state index is 12.9. The summed E-state index contributed by atoms with van der Waals surface area (Å²) in [5.41, 5.74) is 0.664. The minimum absolute atomic E-state index is 0.0565. The molecule has 2 heterocycles. The topological polar surface area (TPSA) is 69.7 Å². The summed E-state index contributed by atoms with van der Waals surface area (Å²) in [5, 5.41) is 3.08. The van der Waals surface area contributed by atoms with Gasteiger partial charge in [0.1, 0.15) is 0 Å². The highest BCUT2D eigenvalue weighted by Crippen LogP contribution is 2.30. The molecule has 6 nitrogen and oxygen atoms in total. The third-order valence-electron chi connectivity index (χ3n) is 6.45. The molecule has 1 atom stereocenters. The van der Waals surface area contributed by atoms with Crippen molar-refractivity contribution in [1.29, 1.82) is 0 Å². The van der Waals surface area contributed by atoms with Gasteiger partial charge in [-0.05, 0) is 37.8 Å². The molecule has 1 unspecified atom stereocenters. The number of nitrogens with one attached hydrogen (secondary N) is 1. The van der Waals surface area contributed by atoms with Crippen molar-refractivity contribution in [3.63, 3.8) is 0 Å². The van der Waals surface area contributed by atoms with E-state index in [-0.39, 0.29) is 29.7 Å². The van der Waals surface area contributed by atoms with Gasteiger partial charge in [-0.2, -0.15) is 0 Å². The monoisotopic (exact) mass is 383 g/mol. The zero-order valence-electron chi connectivity index (χ0n) is 16.3. The van der Waals surface area contributed by atoms with E-state index < -0.39 is 0 Å². The molecule has 1 aliphatic carbocycles. The van der Waals surface area contributed by atoms with Gasteiger partial charge in [0.2, 0.25) is 11.8 Å². The maximum atomic E-state index is 12.9. The second-order valence-corrected chi connectivity index (χ2v) is 8.32. The number of likely N-dealkylation sites (tertiary alicyclic amines) is 2. The van der Waals surface area contributed by atoms with Crippen LogP contribution in [0.3, 0.4) is 0 Å². The van der Waals surface area contributed by atoms with Crippen LogP contribution in [0.25, 0.3) is 0 Å². The Labute approximate surface area is 166 Å². The van der Waals surface area contributed by atoms with Gasteiger partial charge in [0, 0.05) is 43.7 Å². The lowest BCUT2D eigenvalue weighted by Crippen LogP contribution is -2.48. The number of nitrogens with zero attached hydrogens (tertiary/aromatic N) is 2. The van der Waals surface area contributed by atoms with Gasteiger partial charge in [-0.25, -0.2) is 0 Å². The van der Waals surface area contributed by atoms with Crippen LogP contribution in [0.5, 0.6) is 0 Å². The van der Waals surface area contributed by atoms with Gasteiger partial charge < -0.3 is 15.1 Å². The summed E-state index contributed by atoms with van der Waals surface area (Å²) in [6.07, 6.45) is 6.43. The van der Waals surface area contributed by atoms with Crippen molar-refractivity contribution in [3.05, 3.63) is 35.9 Å². The Morgan fingerprint density at radius 1 is 0.964 bits per heavy atom. The standard InChI is InChI=1S/C22H29N3O3/c26-20-14-17(15-25(20)19-8-4-5-9-19)22(28)24-12-10-18(11-13-24)23-21(27)16-6-2-1-3-7-16/h1-3,6-7,17-19H,4-5,8-15H2,(H,23,27). The summed E-state index contributed by atoms with van der Waals surface area (Å²) in [7, 11) is 0. The highest BCUT2D eigenvalue weighted by Gasteiger charge is 2.40. The molecule has 1 N–H and O–H groups in total. The number of carbonyl (C=O) groups is 3. The van der Waals surface area contributed by atoms with E-state index >= 15 is 0 Å². The molecule has 1 saturated carbocycles. The highest BCUT2D eigenvalue weighted by molar-refractivity contribution is 5.94. The first-order chi connectivity index (χ1) is 13.6. The fourth-order valence-corrected chi connectivity index (χ4v) is 4.83. The van der Waals surface area contributed by atoms with Crippen molar-refractivity contribution in [2.75, 3.05) is 19.6 Å². The molecule has 0 aromatic heterocycles. The van der Waals surface area contributed by atoms with Crippen LogP contribution in [0.15, 0.2) is 30.3 Å². The van der Waals surface area contributed by atoms with Gasteiger partial charge in [-0.3, -0.25) is 14.4 Å². The third-order valence-corrected chi connectivity index (χ3v) is 6.45. The summed E-state index contributed by atoms with van der Waals surface area (Å²) >= 11 is 0. The molecule has 28 heavy (non-hydrogen) atoms. The summed E-state index contributed by atoms with van der Waals surface area (Å²) in [6.45, 7) is 1.88. The summed E-state index contributed by atoms with van der Waals surface area (Å²) in [4.78, 5) is 41.4. The molecule has 0 spiro atoms. The zero-order valence-corrected chi connectivity index (χ0v) is 16.3. The molecule has 4 rings (SSSR count). The lowest BCUT2D eigenvalue weighted by molar-refractivity contribution is -0.136. The second kappa shape index (κ2) is 8.33.